The molecule has 1 unspecified atom stereocenters. The lowest BCUT2D eigenvalue weighted by molar-refractivity contribution is -0.110. The highest BCUT2D eigenvalue weighted by molar-refractivity contribution is 7.40. The molecule has 0 heterocycles. The summed E-state index contributed by atoms with van der Waals surface area (Å²) in [5.74, 6) is 0. The number of carbonyl (C=O) groups excluding carboxylic acids is 1. The van der Waals surface area contributed by atoms with Crippen LogP contribution in [-0.2, 0) is 11.2 Å². The molecule has 0 amide bonds. The van der Waals surface area contributed by atoms with Crippen LogP contribution in [0.2, 0.25) is 0 Å². The van der Waals surface area contributed by atoms with E-state index < -0.39 is 0 Å². The van der Waals surface area contributed by atoms with E-state index >= 15 is 0 Å². The number of benzene rings is 2. The van der Waals surface area contributed by atoms with Gasteiger partial charge in [-0.05, 0) is 16.3 Å². The van der Waals surface area contributed by atoms with Crippen molar-refractivity contribution >= 4 is 25.5 Å². The zero-order valence-electron chi connectivity index (χ0n) is 7.73. The molecule has 1 nitrogen and oxygen atoms in total. The predicted molar refractivity (Wildman–Crippen MR) is 62.4 cm³/mol. The van der Waals surface area contributed by atoms with Crippen LogP contribution in [0.4, 0.5) is 0 Å². The van der Waals surface area contributed by atoms with Gasteiger partial charge in [0.15, 0.2) is 5.52 Å². The lowest BCUT2D eigenvalue weighted by Crippen LogP contribution is -1.91. The van der Waals surface area contributed by atoms with Crippen molar-refractivity contribution in [3.05, 3.63) is 48.0 Å². The van der Waals surface area contributed by atoms with Gasteiger partial charge < -0.3 is 0 Å². The molecule has 0 N–H and O–H groups in total. The van der Waals surface area contributed by atoms with Gasteiger partial charge in [0.05, 0.1) is 0 Å². The highest BCUT2D eigenvalue weighted by atomic mass is 31.0. The summed E-state index contributed by atoms with van der Waals surface area (Å²) < 4.78 is 0. The summed E-state index contributed by atoms with van der Waals surface area (Å²) in [5, 5.41) is 2.41. The van der Waals surface area contributed by atoms with Crippen LogP contribution in [0.1, 0.15) is 5.56 Å². The van der Waals surface area contributed by atoms with E-state index in [2.05, 4.69) is 33.5 Å². The fraction of sp³-hybridized carbons (Fsp3) is 0.0833. The zero-order valence-corrected chi connectivity index (χ0v) is 8.89. The van der Waals surface area contributed by atoms with E-state index in [4.69, 9.17) is 0 Å². The Labute approximate surface area is 85.3 Å². The van der Waals surface area contributed by atoms with E-state index in [1.54, 1.807) is 0 Å². The number of carbonyl (C=O) groups is 1. The van der Waals surface area contributed by atoms with Crippen molar-refractivity contribution in [2.75, 3.05) is 0 Å². The van der Waals surface area contributed by atoms with Gasteiger partial charge in [0.25, 0.3) is 0 Å². The van der Waals surface area contributed by atoms with Crippen molar-refractivity contribution < 1.29 is 4.79 Å². The summed E-state index contributed by atoms with van der Waals surface area (Å²) >= 11 is 0. The molecular formula is C12H11OP. The maximum absolute atomic E-state index is 10.9. The van der Waals surface area contributed by atoms with Crippen molar-refractivity contribution in [3.63, 3.8) is 0 Å². The van der Waals surface area contributed by atoms with Gasteiger partial charge in [-0.25, -0.2) is 0 Å². The average Bonchev–Trinajstić information content (AvgIpc) is 2.17. The van der Waals surface area contributed by atoms with Gasteiger partial charge in [0, 0.05) is 6.42 Å². The second-order valence-electron chi connectivity index (χ2n) is 3.32. The van der Waals surface area contributed by atoms with E-state index in [1.165, 1.54) is 10.8 Å². The third kappa shape index (κ3) is 2.00. The molecule has 0 saturated heterocycles. The Balaban J connectivity index is 2.46. The maximum atomic E-state index is 10.9. The highest BCUT2D eigenvalue weighted by Gasteiger charge is 1.98. The molecule has 2 rings (SSSR count). The quantitative estimate of drug-likeness (QED) is 0.684. The number of rotatable bonds is 2. The topological polar surface area (TPSA) is 17.1 Å². The Hall–Kier alpha value is -1.20. The van der Waals surface area contributed by atoms with E-state index in [-0.39, 0.29) is 5.52 Å². The number of hydrogen-bond donors (Lipinski definition) is 0. The van der Waals surface area contributed by atoms with Crippen molar-refractivity contribution in [3.8, 4) is 0 Å². The molecule has 0 fully saturated rings. The molecule has 70 valence electrons. The fourth-order valence-corrected chi connectivity index (χ4v) is 1.79. The predicted octanol–water partition coefficient (Wildman–Crippen LogP) is 2.78. The van der Waals surface area contributed by atoms with Crippen molar-refractivity contribution in [1.29, 1.82) is 0 Å². The summed E-state index contributed by atoms with van der Waals surface area (Å²) in [7, 11) is 2.21. The van der Waals surface area contributed by atoms with Crippen LogP contribution in [-0.4, -0.2) is 5.52 Å². The Morgan fingerprint density at radius 1 is 1.07 bits per heavy atom. The van der Waals surface area contributed by atoms with E-state index in [0.29, 0.717) is 6.42 Å². The average molecular weight is 202 g/mol. The normalized spacial score (nSPS) is 10.4. The molecule has 0 spiro atoms. The maximum Gasteiger partial charge on any atom is 0.152 e. The van der Waals surface area contributed by atoms with Crippen LogP contribution in [0.15, 0.2) is 42.5 Å². The monoisotopic (exact) mass is 202 g/mol. The van der Waals surface area contributed by atoms with Crippen LogP contribution in [0, 0.1) is 0 Å². The molecule has 1 atom stereocenters. The van der Waals surface area contributed by atoms with Gasteiger partial charge in [0.2, 0.25) is 0 Å². The second kappa shape index (κ2) is 3.89. The van der Waals surface area contributed by atoms with Crippen molar-refractivity contribution in [2.24, 2.45) is 0 Å². The third-order valence-corrected chi connectivity index (χ3v) is 2.40. The minimum atomic E-state index is 0.125. The molecule has 0 aromatic heterocycles. The first-order chi connectivity index (χ1) is 6.75. The van der Waals surface area contributed by atoms with Crippen LogP contribution in [0.5, 0.6) is 0 Å². The summed E-state index contributed by atoms with van der Waals surface area (Å²) in [5.41, 5.74) is 1.20. The summed E-state index contributed by atoms with van der Waals surface area (Å²) in [6.45, 7) is 0. The lowest BCUT2D eigenvalue weighted by atomic mass is 10.1. The summed E-state index contributed by atoms with van der Waals surface area (Å²) in [6.07, 6.45) is 0.496. The standard InChI is InChI=1S/C12H11OP/c13-12(14)8-9-5-6-10-3-1-2-4-11(10)7-9/h1-7H,8,14H2. The molecular weight excluding hydrogens is 191 g/mol. The molecule has 0 aliphatic rings. The van der Waals surface area contributed by atoms with Gasteiger partial charge in [-0.15, -0.1) is 0 Å². The number of fused-ring (bicyclic) bond motifs is 1. The van der Waals surface area contributed by atoms with Crippen LogP contribution >= 0.6 is 9.24 Å². The smallest absolute Gasteiger partial charge is 0.152 e. The Morgan fingerprint density at radius 3 is 2.50 bits per heavy atom. The second-order valence-corrected chi connectivity index (χ2v) is 3.97. The van der Waals surface area contributed by atoms with Gasteiger partial charge in [-0.3, -0.25) is 4.79 Å². The number of hydrogen-bond acceptors (Lipinski definition) is 1. The summed E-state index contributed by atoms with van der Waals surface area (Å²) in [4.78, 5) is 10.9. The molecule has 0 aliphatic carbocycles. The minimum Gasteiger partial charge on any atom is -0.295 e. The van der Waals surface area contributed by atoms with Crippen LogP contribution in [0.25, 0.3) is 10.8 Å². The third-order valence-electron chi connectivity index (χ3n) is 2.19. The first kappa shape index (κ1) is 9.36. The molecule has 0 bridgehead atoms. The molecule has 2 aromatic rings. The van der Waals surface area contributed by atoms with E-state index in [0.717, 1.165) is 5.56 Å². The van der Waals surface area contributed by atoms with E-state index in [9.17, 15) is 4.79 Å². The molecule has 0 radical (unpaired) electrons. The van der Waals surface area contributed by atoms with E-state index in [1.807, 2.05) is 18.2 Å². The molecule has 14 heavy (non-hydrogen) atoms. The first-order valence-electron chi connectivity index (χ1n) is 4.52. The minimum absolute atomic E-state index is 0.125. The Morgan fingerprint density at radius 2 is 1.79 bits per heavy atom. The van der Waals surface area contributed by atoms with Crippen LogP contribution < -0.4 is 0 Å². The largest absolute Gasteiger partial charge is 0.295 e. The molecule has 2 aromatic carbocycles. The highest BCUT2D eigenvalue weighted by Crippen LogP contribution is 2.16. The fourth-order valence-electron chi connectivity index (χ4n) is 1.55. The Bertz CT molecular complexity index is 476. The molecule has 0 aliphatic heterocycles. The van der Waals surface area contributed by atoms with Crippen LogP contribution in [0.3, 0.4) is 0 Å². The molecule has 2 heteroatoms. The van der Waals surface area contributed by atoms with Gasteiger partial charge >= 0.3 is 0 Å². The lowest BCUT2D eigenvalue weighted by Gasteiger charge is -2.00. The van der Waals surface area contributed by atoms with Gasteiger partial charge in [0.1, 0.15) is 0 Å². The van der Waals surface area contributed by atoms with Gasteiger partial charge in [-0.2, -0.15) is 0 Å². The molecule has 0 saturated carbocycles. The SMILES string of the molecule is O=C(P)Cc1ccc2ccccc2c1. The van der Waals surface area contributed by atoms with Crippen molar-refractivity contribution in [2.45, 2.75) is 6.42 Å². The first-order valence-corrected chi connectivity index (χ1v) is 5.09. The Kier molecular flexibility index (Phi) is 2.60. The zero-order chi connectivity index (χ0) is 9.97. The van der Waals surface area contributed by atoms with Crippen molar-refractivity contribution in [1.82, 2.24) is 0 Å². The van der Waals surface area contributed by atoms with Gasteiger partial charge in [-0.1, -0.05) is 51.7 Å². The summed E-state index contributed by atoms with van der Waals surface area (Å²) in [6, 6.07) is 14.3.